The van der Waals surface area contributed by atoms with Crippen LogP contribution in [0.15, 0.2) is 54.6 Å². The summed E-state index contributed by atoms with van der Waals surface area (Å²) in [5.41, 5.74) is 1.63. The molecule has 1 unspecified atom stereocenters. The number of carbonyl (C=O) groups is 1. The number of hydrogen-bond donors (Lipinski definition) is 2. The summed E-state index contributed by atoms with van der Waals surface area (Å²) in [6.07, 6.45) is 0.751. The van der Waals surface area contributed by atoms with Gasteiger partial charge in [-0.2, -0.15) is 0 Å². The second kappa shape index (κ2) is 8.93. The molecule has 0 aromatic heterocycles. The van der Waals surface area contributed by atoms with E-state index in [4.69, 9.17) is 4.74 Å². The van der Waals surface area contributed by atoms with Crippen LogP contribution in [0.1, 0.15) is 13.3 Å². The van der Waals surface area contributed by atoms with Crippen LogP contribution in [0.25, 0.3) is 0 Å². The third kappa shape index (κ3) is 4.73. The molecule has 0 saturated heterocycles. The predicted octanol–water partition coefficient (Wildman–Crippen LogP) is 2.91. The number of amides is 1. The Morgan fingerprint density at radius 2 is 1.83 bits per heavy atom. The Balaban J connectivity index is 2.08. The van der Waals surface area contributed by atoms with Crippen molar-refractivity contribution in [2.45, 2.75) is 19.4 Å². The highest BCUT2D eigenvalue weighted by Gasteiger charge is 2.19. The largest absolute Gasteiger partial charge is 0.497 e. The molecular weight excluding hydrogens is 304 g/mol. The Labute approximate surface area is 142 Å². The number of carbonyl (C=O) groups excluding carboxylic acids is 1. The van der Waals surface area contributed by atoms with Gasteiger partial charge in [0.25, 0.3) is 0 Å². The molecule has 24 heavy (non-hydrogen) atoms. The number of nitrogens with one attached hydrogen (secondary N) is 1. The first kappa shape index (κ1) is 17.8. The number of ether oxygens (including phenoxy) is 1. The molecule has 0 heterocycles. The first-order valence-electron chi connectivity index (χ1n) is 8.04. The fourth-order valence-electron chi connectivity index (χ4n) is 2.53. The van der Waals surface area contributed by atoms with Crippen LogP contribution in [0.4, 0.5) is 11.4 Å². The van der Waals surface area contributed by atoms with Crippen molar-refractivity contribution in [3.63, 3.8) is 0 Å². The minimum absolute atomic E-state index is 0.00120. The van der Waals surface area contributed by atoms with Crippen LogP contribution in [-0.4, -0.2) is 37.3 Å². The molecule has 128 valence electrons. The lowest BCUT2D eigenvalue weighted by molar-refractivity contribution is -0.115. The van der Waals surface area contributed by atoms with Gasteiger partial charge in [-0.3, -0.25) is 4.79 Å². The fraction of sp³-hybridized carbons (Fsp3) is 0.316. The van der Waals surface area contributed by atoms with Crippen LogP contribution >= 0.6 is 0 Å². The van der Waals surface area contributed by atoms with E-state index in [9.17, 15) is 9.90 Å². The first-order valence-corrected chi connectivity index (χ1v) is 8.04. The van der Waals surface area contributed by atoms with Crippen molar-refractivity contribution < 1.29 is 14.6 Å². The number of methoxy groups -OCH3 is 1. The highest BCUT2D eigenvalue weighted by atomic mass is 16.5. The van der Waals surface area contributed by atoms with Gasteiger partial charge < -0.3 is 20.1 Å². The molecule has 0 aliphatic carbocycles. The number of benzene rings is 2. The van der Waals surface area contributed by atoms with E-state index in [1.54, 1.807) is 31.4 Å². The lowest BCUT2D eigenvalue weighted by Crippen LogP contribution is -2.42. The molecule has 0 bridgehead atoms. The van der Waals surface area contributed by atoms with Gasteiger partial charge in [0.05, 0.1) is 26.3 Å². The number of aliphatic hydroxyl groups excluding tert-OH is 1. The van der Waals surface area contributed by atoms with Crippen molar-refractivity contribution in [2.24, 2.45) is 0 Å². The quantitative estimate of drug-likeness (QED) is 0.782. The third-order valence-corrected chi connectivity index (χ3v) is 3.90. The van der Waals surface area contributed by atoms with Crippen LogP contribution in [0.5, 0.6) is 5.75 Å². The minimum Gasteiger partial charge on any atom is -0.497 e. The minimum atomic E-state index is -0.129. The number of nitrogens with zero attached hydrogens (tertiary/aromatic N) is 1. The number of anilines is 2. The standard InChI is InChI=1S/C19H24N2O3/c1-3-16(14-22)21(17-7-5-4-6-8-17)13-19(23)20-15-9-11-18(24-2)12-10-15/h4-12,16,22H,3,13-14H2,1-2H3,(H,20,23). The van der Waals surface area contributed by atoms with E-state index in [0.29, 0.717) is 5.69 Å². The van der Waals surface area contributed by atoms with Gasteiger partial charge in [-0.1, -0.05) is 25.1 Å². The number of hydrogen-bond acceptors (Lipinski definition) is 4. The SMILES string of the molecule is CCC(CO)N(CC(=O)Nc1ccc(OC)cc1)c1ccccc1. The van der Waals surface area contributed by atoms with Crippen LogP contribution in [-0.2, 0) is 4.79 Å². The maximum absolute atomic E-state index is 12.4. The number of aliphatic hydroxyl groups is 1. The number of rotatable bonds is 8. The van der Waals surface area contributed by atoms with Gasteiger partial charge in [-0.25, -0.2) is 0 Å². The zero-order valence-corrected chi connectivity index (χ0v) is 14.1. The Morgan fingerprint density at radius 3 is 2.38 bits per heavy atom. The summed E-state index contributed by atoms with van der Waals surface area (Å²) < 4.78 is 5.11. The van der Waals surface area contributed by atoms with Gasteiger partial charge >= 0.3 is 0 Å². The van der Waals surface area contributed by atoms with Gasteiger partial charge in [0.15, 0.2) is 0 Å². The normalized spacial score (nSPS) is 11.6. The highest BCUT2D eigenvalue weighted by molar-refractivity contribution is 5.94. The Morgan fingerprint density at radius 1 is 1.17 bits per heavy atom. The topological polar surface area (TPSA) is 61.8 Å². The molecule has 0 radical (unpaired) electrons. The van der Waals surface area contributed by atoms with Gasteiger partial charge in [-0.15, -0.1) is 0 Å². The number of para-hydroxylation sites is 1. The molecule has 0 saturated carbocycles. The monoisotopic (exact) mass is 328 g/mol. The Bertz CT molecular complexity index is 625. The average Bonchev–Trinajstić information content (AvgIpc) is 2.63. The van der Waals surface area contributed by atoms with Gasteiger partial charge in [-0.05, 0) is 42.8 Å². The van der Waals surface area contributed by atoms with Gasteiger partial charge in [0, 0.05) is 11.4 Å². The van der Waals surface area contributed by atoms with Gasteiger partial charge in [0.2, 0.25) is 5.91 Å². The molecule has 0 aliphatic rings. The molecule has 0 spiro atoms. The maximum Gasteiger partial charge on any atom is 0.243 e. The van der Waals surface area contributed by atoms with E-state index in [0.717, 1.165) is 17.9 Å². The van der Waals surface area contributed by atoms with Crippen molar-refractivity contribution >= 4 is 17.3 Å². The van der Waals surface area contributed by atoms with E-state index in [1.165, 1.54) is 0 Å². The summed E-state index contributed by atoms with van der Waals surface area (Å²) in [4.78, 5) is 14.4. The van der Waals surface area contributed by atoms with E-state index < -0.39 is 0 Å². The Hall–Kier alpha value is -2.53. The molecule has 1 amide bonds. The summed E-state index contributed by atoms with van der Waals surface area (Å²) in [5.74, 6) is 0.612. The van der Waals surface area contributed by atoms with Crippen LogP contribution in [0.3, 0.4) is 0 Å². The summed E-state index contributed by atoms with van der Waals surface area (Å²) in [6, 6.07) is 16.8. The lowest BCUT2D eigenvalue weighted by Gasteiger charge is -2.31. The van der Waals surface area contributed by atoms with Crippen LogP contribution in [0.2, 0.25) is 0 Å². The molecule has 0 aliphatic heterocycles. The van der Waals surface area contributed by atoms with Crippen LogP contribution < -0.4 is 15.0 Å². The summed E-state index contributed by atoms with van der Waals surface area (Å²) in [6.45, 7) is 2.18. The van der Waals surface area contributed by atoms with Crippen LogP contribution in [0, 0.1) is 0 Å². The second-order valence-corrected chi connectivity index (χ2v) is 5.48. The zero-order chi connectivity index (χ0) is 17.4. The van der Waals surface area contributed by atoms with Crippen molar-refractivity contribution in [3.05, 3.63) is 54.6 Å². The molecule has 2 aromatic rings. The molecule has 2 aromatic carbocycles. The predicted molar refractivity (Wildman–Crippen MR) is 96.6 cm³/mol. The molecule has 0 fully saturated rings. The summed E-state index contributed by atoms with van der Waals surface area (Å²) in [7, 11) is 1.60. The maximum atomic E-state index is 12.4. The van der Waals surface area contributed by atoms with E-state index in [2.05, 4.69) is 5.32 Å². The van der Waals surface area contributed by atoms with Crippen molar-refractivity contribution in [1.29, 1.82) is 0 Å². The molecule has 5 heteroatoms. The van der Waals surface area contributed by atoms with Crippen molar-refractivity contribution in [2.75, 3.05) is 30.5 Å². The second-order valence-electron chi connectivity index (χ2n) is 5.48. The molecule has 5 nitrogen and oxygen atoms in total. The molecule has 1 atom stereocenters. The highest BCUT2D eigenvalue weighted by Crippen LogP contribution is 2.19. The average molecular weight is 328 g/mol. The molecular formula is C19H24N2O3. The smallest absolute Gasteiger partial charge is 0.243 e. The van der Waals surface area contributed by atoms with Crippen molar-refractivity contribution in [3.8, 4) is 5.75 Å². The fourth-order valence-corrected chi connectivity index (χ4v) is 2.53. The third-order valence-electron chi connectivity index (χ3n) is 3.90. The van der Waals surface area contributed by atoms with E-state index in [-0.39, 0.29) is 25.1 Å². The van der Waals surface area contributed by atoms with E-state index in [1.807, 2.05) is 42.2 Å². The van der Waals surface area contributed by atoms with Gasteiger partial charge in [0.1, 0.15) is 5.75 Å². The lowest BCUT2D eigenvalue weighted by atomic mass is 10.1. The zero-order valence-electron chi connectivity index (χ0n) is 14.1. The first-order chi connectivity index (χ1) is 11.7. The molecule has 2 N–H and O–H groups in total. The summed E-state index contributed by atoms with van der Waals surface area (Å²) in [5, 5.41) is 12.5. The van der Waals surface area contributed by atoms with Crippen molar-refractivity contribution in [1.82, 2.24) is 0 Å². The summed E-state index contributed by atoms with van der Waals surface area (Å²) >= 11 is 0. The molecule has 2 rings (SSSR count). The Kier molecular flexibility index (Phi) is 6.63. The van der Waals surface area contributed by atoms with E-state index >= 15 is 0 Å².